The molecule has 0 rings (SSSR count). The summed E-state index contributed by atoms with van der Waals surface area (Å²) in [6.45, 7) is 1.19. The second-order valence-corrected chi connectivity index (χ2v) is 7.58. The number of amides is 5. The summed E-state index contributed by atoms with van der Waals surface area (Å²) in [6, 6.07) is -6.08. The fourth-order valence-corrected chi connectivity index (χ4v) is 2.69. The Labute approximate surface area is 200 Å². The molecule has 17 heteroatoms. The molecule has 0 radical (unpaired) electrons. The van der Waals surface area contributed by atoms with Gasteiger partial charge in [0.05, 0.1) is 25.0 Å². The number of guanidine groups is 1. The fraction of sp³-hybridized carbons (Fsp3) is 0.611. The number of aliphatic carboxylic acids is 1. The van der Waals surface area contributed by atoms with Gasteiger partial charge in [-0.15, -0.1) is 0 Å². The maximum absolute atomic E-state index is 12.9. The maximum atomic E-state index is 12.9. The van der Waals surface area contributed by atoms with Gasteiger partial charge in [-0.1, -0.05) is 0 Å². The molecule has 0 bridgehead atoms. The smallest absolute Gasteiger partial charge is 0.328 e. The van der Waals surface area contributed by atoms with Gasteiger partial charge in [0.2, 0.25) is 29.5 Å². The topological polar surface area (TPSA) is 321 Å². The molecule has 0 aliphatic carbocycles. The van der Waals surface area contributed by atoms with Gasteiger partial charge < -0.3 is 54.8 Å². The van der Waals surface area contributed by atoms with Crippen LogP contribution in [0, 0.1) is 0 Å². The second-order valence-electron chi connectivity index (χ2n) is 7.58. The van der Waals surface area contributed by atoms with E-state index < -0.39 is 78.6 Å². The highest BCUT2D eigenvalue weighted by molar-refractivity contribution is 5.96. The maximum Gasteiger partial charge on any atom is 0.328 e. The number of aliphatic hydroxyl groups excluding tert-OH is 1. The van der Waals surface area contributed by atoms with E-state index in [2.05, 4.69) is 15.6 Å². The summed E-state index contributed by atoms with van der Waals surface area (Å²) >= 11 is 0. The molecule has 0 spiro atoms. The van der Waals surface area contributed by atoms with E-state index in [1.165, 1.54) is 0 Å². The van der Waals surface area contributed by atoms with Crippen LogP contribution in [-0.4, -0.2) is 88.5 Å². The van der Waals surface area contributed by atoms with Crippen LogP contribution in [-0.2, 0) is 28.8 Å². The Hall–Kier alpha value is -3.99. The first-order chi connectivity index (χ1) is 16.1. The lowest BCUT2D eigenvalue weighted by atomic mass is 10.1. The summed E-state index contributed by atoms with van der Waals surface area (Å²) < 4.78 is 0. The Balaban J connectivity index is 5.64. The summed E-state index contributed by atoms with van der Waals surface area (Å²) in [7, 11) is 0. The Morgan fingerprint density at radius 1 is 0.829 bits per heavy atom. The van der Waals surface area contributed by atoms with Crippen LogP contribution < -0.4 is 44.6 Å². The van der Waals surface area contributed by atoms with Gasteiger partial charge in [-0.05, 0) is 19.8 Å². The summed E-state index contributed by atoms with van der Waals surface area (Å²) in [5.74, 6) is -6.62. The lowest BCUT2D eigenvalue weighted by molar-refractivity contribution is -0.145. The zero-order valence-corrected chi connectivity index (χ0v) is 19.1. The second kappa shape index (κ2) is 15.0. The van der Waals surface area contributed by atoms with E-state index in [9.17, 15) is 33.9 Å². The Morgan fingerprint density at radius 2 is 1.34 bits per heavy atom. The number of carbonyl (C=O) groups is 6. The van der Waals surface area contributed by atoms with Gasteiger partial charge in [0.1, 0.15) is 12.1 Å². The highest BCUT2D eigenvalue weighted by Gasteiger charge is 2.32. The lowest BCUT2D eigenvalue weighted by Gasteiger charge is -2.25. The SMILES string of the molecule is CC(O)C(NC(=O)C(CC(N)=O)NC(=O)C(CCCN=C(N)N)NC(=O)C(N)CC(N)=O)C(=O)O. The van der Waals surface area contributed by atoms with Gasteiger partial charge >= 0.3 is 5.97 Å². The Kier molecular flexibility index (Phi) is 13.3. The number of nitrogens with zero attached hydrogens (tertiary/aromatic N) is 1. The number of rotatable bonds is 16. The average molecular weight is 504 g/mol. The first-order valence-electron chi connectivity index (χ1n) is 10.3. The molecule has 198 valence electrons. The van der Waals surface area contributed by atoms with Gasteiger partial charge in [0.25, 0.3) is 0 Å². The largest absolute Gasteiger partial charge is 0.480 e. The highest BCUT2D eigenvalue weighted by atomic mass is 16.4. The fourth-order valence-electron chi connectivity index (χ4n) is 2.69. The number of carbonyl (C=O) groups excluding carboxylic acids is 5. The molecule has 0 saturated heterocycles. The monoisotopic (exact) mass is 503 g/mol. The van der Waals surface area contributed by atoms with Crippen molar-refractivity contribution < 1.29 is 39.0 Å². The quantitative estimate of drug-likeness (QED) is 0.0536. The van der Waals surface area contributed by atoms with E-state index in [-0.39, 0.29) is 25.3 Å². The predicted octanol–water partition coefficient (Wildman–Crippen LogP) is -5.96. The molecule has 0 heterocycles. The van der Waals surface area contributed by atoms with E-state index in [1.54, 1.807) is 0 Å². The number of nitrogens with one attached hydrogen (secondary N) is 3. The zero-order chi connectivity index (χ0) is 27.3. The van der Waals surface area contributed by atoms with Crippen LogP contribution in [0.2, 0.25) is 0 Å². The van der Waals surface area contributed by atoms with Crippen molar-refractivity contribution in [1.82, 2.24) is 16.0 Å². The van der Waals surface area contributed by atoms with E-state index >= 15 is 0 Å². The first-order valence-corrected chi connectivity index (χ1v) is 10.3. The number of nitrogens with two attached hydrogens (primary N) is 5. The minimum Gasteiger partial charge on any atom is -0.480 e. The number of hydrogen-bond acceptors (Lipinski definition) is 9. The molecule has 0 aliphatic heterocycles. The predicted molar refractivity (Wildman–Crippen MR) is 121 cm³/mol. The van der Waals surface area contributed by atoms with Crippen molar-refractivity contribution >= 4 is 41.5 Å². The Morgan fingerprint density at radius 3 is 1.80 bits per heavy atom. The van der Waals surface area contributed by atoms with Crippen LogP contribution in [0.1, 0.15) is 32.6 Å². The molecule has 35 heavy (non-hydrogen) atoms. The minimum absolute atomic E-state index is 0.0615. The molecule has 0 fully saturated rings. The molecule has 0 aromatic heterocycles. The number of carboxylic acid groups (broad SMARTS) is 1. The van der Waals surface area contributed by atoms with Gasteiger partial charge in [0, 0.05) is 6.54 Å². The van der Waals surface area contributed by atoms with Crippen molar-refractivity contribution in [3.63, 3.8) is 0 Å². The molecule has 5 atom stereocenters. The molecule has 15 N–H and O–H groups in total. The first kappa shape index (κ1) is 31.0. The minimum atomic E-state index is -1.74. The molecular formula is C18H33N9O8. The average Bonchev–Trinajstić information content (AvgIpc) is 2.71. The number of aliphatic imine (C=N–C) groups is 1. The van der Waals surface area contributed by atoms with E-state index in [0.29, 0.717) is 0 Å². The molecular weight excluding hydrogens is 470 g/mol. The molecule has 0 saturated carbocycles. The van der Waals surface area contributed by atoms with Crippen LogP contribution in [0.15, 0.2) is 4.99 Å². The third-order valence-corrected chi connectivity index (χ3v) is 4.42. The van der Waals surface area contributed by atoms with Gasteiger partial charge in [-0.2, -0.15) is 0 Å². The van der Waals surface area contributed by atoms with Crippen LogP contribution in [0.4, 0.5) is 0 Å². The van der Waals surface area contributed by atoms with Crippen molar-refractivity contribution in [1.29, 1.82) is 0 Å². The molecule has 0 aliphatic rings. The highest BCUT2D eigenvalue weighted by Crippen LogP contribution is 2.04. The van der Waals surface area contributed by atoms with Crippen molar-refractivity contribution in [2.75, 3.05) is 6.54 Å². The van der Waals surface area contributed by atoms with Crippen LogP contribution in [0.5, 0.6) is 0 Å². The summed E-state index contributed by atoms with van der Waals surface area (Å²) in [5, 5.41) is 25.2. The number of hydrogen-bond donors (Lipinski definition) is 10. The molecule has 0 aromatic carbocycles. The molecule has 5 amide bonds. The van der Waals surface area contributed by atoms with Crippen molar-refractivity contribution in [2.45, 2.75) is 62.9 Å². The van der Waals surface area contributed by atoms with Crippen LogP contribution >= 0.6 is 0 Å². The number of aliphatic hydroxyl groups is 1. The van der Waals surface area contributed by atoms with E-state index in [1.807, 2.05) is 5.32 Å². The van der Waals surface area contributed by atoms with Crippen molar-refractivity contribution in [3.05, 3.63) is 0 Å². The van der Waals surface area contributed by atoms with E-state index in [4.69, 9.17) is 33.8 Å². The molecule has 0 aromatic rings. The molecule has 5 unspecified atom stereocenters. The third kappa shape index (κ3) is 12.7. The summed E-state index contributed by atoms with van der Waals surface area (Å²) in [4.78, 5) is 75.1. The standard InChI is InChI=1S/C18H33N9O8/c1-7(28)13(17(34)35)27-16(33)10(6-12(21)30)26-15(32)9(3-2-4-24-18(22)23)25-14(31)8(19)5-11(20)29/h7-10,13,28H,2-6,19H2,1H3,(H2,20,29)(H2,21,30)(H,25,31)(H,26,32)(H,27,33)(H,34,35)(H4,22,23,24). The summed E-state index contributed by atoms with van der Waals surface area (Å²) in [5.41, 5.74) is 26.2. The van der Waals surface area contributed by atoms with Gasteiger partial charge in [-0.25, -0.2) is 4.79 Å². The Bertz CT molecular complexity index is 829. The van der Waals surface area contributed by atoms with Crippen LogP contribution in [0.3, 0.4) is 0 Å². The van der Waals surface area contributed by atoms with Gasteiger partial charge in [-0.3, -0.25) is 29.0 Å². The van der Waals surface area contributed by atoms with Crippen molar-refractivity contribution in [2.24, 2.45) is 33.7 Å². The lowest BCUT2D eigenvalue weighted by Crippen LogP contribution is -2.59. The van der Waals surface area contributed by atoms with Gasteiger partial charge in [0.15, 0.2) is 12.0 Å². The van der Waals surface area contributed by atoms with Crippen molar-refractivity contribution in [3.8, 4) is 0 Å². The normalized spacial score (nSPS) is 14.8. The molecule has 17 nitrogen and oxygen atoms in total. The zero-order valence-electron chi connectivity index (χ0n) is 19.1. The number of carboxylic acids is 1. The van der Waals surface area contributed by atoms with E-state index in [0.717, 1.165) is 6.92 Å². The summed E-state index contributed by atoms with van der Waals surface area (Å²) in [6.07, 6.45) is -2.61. The van der Waals surface area contributed by atoms with Crippen LogP contribution in [0.25, 0.3) is 0 Å². The number of primary amides is 2. The third-order valence-electron chi connectivity index (χ3n) is 4.42.